The Morgan fingerprint density at radius 1 is 1.03 bits per heavy atom. The highest BCUT2D eigenvalue weighted by Crippen LogP contribution is 2.40. The van der Waals surface area contributed by atoms with Gasteiger partial charge in [-0.2, -0.15) is 0 Å². The zero-order valence-corrected chi connectivity index (χ0v) is 22.5. The van der Waals surface area contributed by atoms with Gasteiger partial charge in [-0.15, -0.1) is 0 Å². The van der Waals surface area contributed by atoms with Gasteiger partial charge in [0.1, 0.15) is 12.0 Å². The molecule has 1 aliphatic rings. The summed E-state index contributed by atoms with van der Waals surface area (Å²) in [5, 5.41) is 0. The van der Waals surface area contributed by atoms with Gasteiger partial charge < -0.3 is 0 Å². The van der Waals surface area contributed by atoms with Crippen molar-refractivity contribution in [3.05, 3.63) is 83.8 Å². The van der Waals surface area contributed by atoms with Crippen LogP contribution >= 0.6 is 0 Å². The molecule has 1 aliphatic carbocycles. The van der Waals surface area contributed by atoms with Crippen LogP contribution in [0.4, 0.5) is 8.78 Å². The summed E-state index contributed by atoms with van der Waals surface area (Å²) in [4.78, 5) is 0. The van der Waals surface area contributed by atoms with Crippen molar-refractivity contribution in [3.63, 3.8) is 0 Å². The molecule has 0 fully saturated rings. The quantitative estimate of drug-likeness (QED) is 0.209. The van der Waals surface area contributed by atoms with Crippen molar-refractivity contribution in [2.75, 3.05) is 0 Å². The molecule has 1 unspecified atom stereocenters. The normalized spacial score (nSPS) is 18.4. The second-order valence-electron chi connectivity index (χ2n) is 10.3. The molecule has 0 saturated heterocycles. The standard InChI is InChI=1S/C32H48F2/c1-7-10-11-12-13-20-31(28-17-14-16-27(8-2)22-23-28)29(25-32(5,6)9-3)18-15-19-30(34)24-21-26(4)33/h10-16,19,22-24,26,29,31H,7-9,17-18,20-21,25H2,1-6H3/b11-10?,13-12-,19-15-,30-24+/t26?,29-,31-/m1/s1. The lowest BCUT2D eigenvalue weighted by Gasteiger charge is -2.34. The van der Waals surface area contributed by atoms with Crippen LogP contribution in [0.1, 0.15) is 92.9 Å². The molecule has 0 aromatic carbocycles. The Balaban J connectivity index is 3.25. The third-order valence-corrected chi connectivity index (χ3v) is 6.78. The van der Waals surface area contributed by atoms with E-state index in [9.17, 15) is 8.78 Å². The smallest absolute Gasteiger partial charge is 0.119 e. The molecule has 34 heavy (non-hydrogen) atoms. The summed E-state index contributed by atoms with van der Waals surface area (Å²) in [5.74, 6) is 0.443. The van der Waals surface area contributed by atoms with E-state index >= 15 is 0 Å². The number of hydrogen-bond acceptors (Lipinski definition) is 0. The number of hydrogen-bond donors (Lipinski definition) is 0. The van der Waals surface area contributed by atoms with Crippen molar-refractivity contribution in [2.45, 2.75) is 99.1 Å². The molecule has 3 atom stereocenters. The highest BCUT2D eigenvalue weighted by molar-refractivity contribution is 5.32. The summed E-state index contributed by atoms with van der Waals surface area (Å²) in [6, 6.07) is 0. The molecule has 0 amide bonds. The Morgan fingerprint density at radius 3 is 2.41 bits per heavy atom. The molecular weight excluding hydrogens is 422 g/mol. The summed E-state index contributed by atoms with van der Waals surface area (Å²) in [7, 11) is 0. The van der Waals surface area contributed by atoms with Crippen LogP contribution in [0.3, 0.4) is 0 Å². The van der Waals surface area contributed by atoms with E-state index < -0.39 is 6.17 Å². The molecule has 0 radical (unpaired) electrons. The average molecular weight is 471 g/mol. The molecule has 0 aromatic rings. The molecule has 0 heterocycles. The SMILES string of the molecule is CCC=C/C=C\C[C@H](C1=CC=C(CC)C=CC1)[C@H](C/C=C\C(F)=C/CC(C)F)CC(C)(C)CC. The van der Waals surface area contributed by atoms with Crippen LogP contribution in [-0.4, -0.2) is 6.17 Å². The number of halogens is 2. The van der Waals surface area contributed by atoms with Gasteiger partial charge in [0.25, 0.3) is 0 Å². The third kappa shape index (κ3) is 12.5. The first-order valence-corrected chi connectivity index (χ1v) is 13.3. The van der Waals surface area contributed by atoms with Gasteiger partial charge in [-0.1, -0.05) is 101 Å². The highest BCUT2D eigenvalue weighted by Gasteiger charge is 2.28. The van der Waals surface area contributed by atoms with Gasteiger partial charge >= 0.3 is 0 Å². The van der Waals surface area contributed by atoms with Gasteiger partial charge in [-0.3, -0.25) is 0 Å². The molecule has 0 bridgehead atoms. The van der Waals surface area contributed by atoms with Gasteiger partial charge in [0.15, 0.2) is 0 Å². The van der Waals surface area contributed by atoms with E-state index in [4.69, 9.17) is 0 Å². The largest absolute Gasteiger partial charge is 0.247 e. The van der Waals surface area contributed by atoms with E-state index in [1.54, 1.807) is 0 Å². The summed E-state index contributed by atoms with van der Waals surface area (Å²) in [5.41, 5.74) is 3.03. The molecule has 0 N–H and O–H groups in total. The number of alkyl halides is 1. The van der Waals surface area contributed by atoms with Crippen molar-refractivity contribution in [3.8, 4) is 0 Å². The minimum Gasteiger partial charge on any atom is -0.247 e. The van der Waals surface area contributed by atoms with Crippen LogP contribution in [-0.2, 0) is 0 Å². The highest BCUT2D eigenvalue weighted by atomic mass is 19.1. The lowest BCUT2D eigenvalue weighted by atomic mass is 9.71. The Labute approximate surface area is 209 Å². The first-order chi connectivity index (χ1) is 16.2. The molecule has 0 aromatic heterocycles. The zero-order chi connectivity index (χ0) is 25.4. The van der Waals surface area contributed by atoms with E-state index in [2.05, 4.69) is 83.2 Å². The van der Waals surface area contributed by atoms with Gasteiger partial charge in [0, 0.05) is 0 Å². The van der Waals surface area contributed by atoms with Crippen LogP contribution in [0.25, 0.3) is 0 Å². The average Bonchev–Trinajstić information content (AvgIpc) is 3.05. The van der Waals surface area contributed by atoms with E-state index in [-0.39, 0.29) is 17.7 Å². The van der Waals surface area contributed by atoms with Crippen molar-refractivity contribution in [1.29, 1.82) is 0 Å². The molecule has 1 rings (SSSR count). The summed E-state index contributed by atoms with van der Waals surface area (Å²) in [6.07, 6.45) is 28.8. The number of rotatable bonds is 15. The fraction of sp³-hybridized carbons (Fsp3) is 0.562. The fourth-order valence-corrected chi connectivity index (χ4v) is 4.30. The minimum atomic E-state index is -1.02. The Morgan fingerprint density at radius 2 is 1.76 bits per heavy atom. The lowest BCUT2D eigenvalue weighted by Crippen LogP contribution is -2.23. The maximum atomic E-state index is 14.2. The maximum Gasteiger partial charge on any atom is 0.119 e. The third-order valence-electron chi connectivity index (χ3n) is 6.78. The molecule has 190 valence electrons. The topological polar surface area (TPSA) is 0 Å². The minimum absolute atomic E-state index is 0.118. The van der Waals surface area contributed by atoms with Crippen molar-refractivity contribution in [2.24, 2.45) is 17.3 Å². The summed E-state index contributed by atoms with van der Waals surface area (Å²) < 4.78 is 27.3. The number of allylic oxidation sites excluding steroid dienone is 14. The van der Waals surface area contributed by atoms with E-state index in [0.29, 0.717) is 11.8 Å². The van der Waals surface area contributed by atoms with Crippen LogP contribution in [0, 0.1) is 17.3 Å². The summed E-state index contributed by atoms with van der Waals surface area (Å²) in [6.45, 7) is 12.7. The van der Waals surface area contributed by atoms with Gasteiger partial charge in [-0.05, 0) is 86.8 Å². The molecule has 0 nitrogen and oxygen atoms in total. The molecule has 2 heteroatoms. The van der Waals surface area contributed by atoms with Crippen LogP contribution in [0.15, 0.2) is 83.8 Å². The molecule has 0 spiro atoms. The van der Waals surface area contributed by atoms with Crippen molar-refractivity contribution in [1.82, 2.24) is 0 Å². The Hall–Kier alpha value is -1.96. The van der Waals surface area contributed by atoms with Gasteiger partial charge in [0.2, 0.25) is 0 Å². The van der Waals surface area contributed by atoms with Crippen LogP contribution < -0.4 is 0 Å². The lowest BCUT2D eigenvalue weighted by molar-refractivity contribution is 0.216. The molecule has 0 aliphatic heterocycles. The van der Waals surface area contributed by atoms with Crippen molar-refractivity contribution >= 4 is 0 Å². The predicted octanol–water partition coefficient (Wildman–Crippen LogP) is 10.7. The monoisotopic (exact) mass is 470 g/mol. The van der Waals surface area contributed by atoms with E-state index in [0.717, 1.165) is 44.9 Å². The van der Waals surface area contributed by atoms with Crippen LogP contribution in [0.5, 0.6) is 0 Å². The Bertz CT molecular complexity index is 784. The second-order valence-corrected chi connectivity index (χ2v) is 10.3. The molecular formula is C32H48F2. The predicted molar refractivity (Wildman–Crippen MR) is 147 cm³/mol. The fourth-order valence-electron chi connectivity index (χ4n) is 4.30. The first kappa shape index (κ1) is 30.1. The van der Waals surface area contributed by atoms with Gasteiger partial charge in [0.05, 0.1) is 0 Å². The zero-order valence-electron chi connectivity index (χ0n) is 22.5. The van der Waals surface area contributed by atoms with E-state index in [1.807, 2.05) is 6.08 Å². The first-order valence-electron chi connectivity index (χ1n) is 13.3. The summed E-state index contributed by atoms with van der Waals surface area (Å²) >= 11 is 0. The molecule has 0 saturated carbocycles. The second kappa shape index (κ2) is 16.6. The van der Waals surface area contributed by atoms with E-state index in [1.165, 1.54) is 30.2 Å². The van der Waals surface area contributed by atoms with Crippen LogP contribution in [0.2, 0.25) is 0 Å². The Kier molecular flexibility index (Phi) is 14.7. The van der Waals surface area contributed by atoms with Gasteiger partial charge in [-0.25, -0.2) is 8.78 Å². The van der Waals surface area contributed by atoms with Crippen molar-refractivity contribution < 1.29 is 8.78 Å². The maximum absolute atomic E-state index is 14.2.